The number of aromatic nitrogens is 2. The summed E-state index contributed by atoms with van der Waals surface area (Å²) in [6.07, 6.45) is 29.1. The highest BCUT2D eigenvalue weighted by molar-refractivity contribution is 8.00. The molecule has 0 saturated carbocycles. The molecule has 48 heavy (non-hydrogen) atoms. The van der Waals surface area contributed by atoms with Crippen molar-refractivity contribution >= 4 is 37.1 Å². The first-order valence-corrected chi connectivity index (χ1v) is 18.9. The second-order valence-corrected chi connectivity index (χ2v) is 13.7. The number of nitrogens with one attached hydrogen (secondary N) is 3. The first-order chi connectivity index (χ1) is 23.3. The van der Waals surface area contributed by atoms with E-state index in [2.05, 4.69) is 92.9 Å². The number of nitrogen functional groups attached to an aromatic ring is 1. The van der Waals surface area contributed by atoms with Gasteiger partial charge in [0.2, 0.25) is 5.91 Å². The van der Waals surface area contributed by atoms with Crippen LogP contribution in [0.1, 0.15) is 64.5 Å². The van der Waals surface area contributed by atoms with Crippen molar-refractivity contribution in [3.05, 3.63) is 83.5 Å². The van der Waals surface area contributed by atoms with Gasteiger partial charge in [0.1, 0.15) is 24.0 Å². The minimum absolute atomic E-state index is 0.0983. The van der Waals surface area contributed by atoms with Crippen LogP contribution in [0.5, 0.6) is 0 Å². The predicted octanol–water partition coefficient (Wildman–Crippen LogP) is 4.93. The molecule has 1 aromatic heterocycles. The molecule has 1 aliphatic heterocycles. The van der Waals surface area contributed by atoms with Crippen molar-refractivity contribution < 1.29 is 28.2 Å². The van der Waals surface area contributed by atoms with E-state index < -0.39 is 31.0 Å². The summed E-state index contributed by atoms with van der Waals surface area (Å²) in [6.45, 7) is 2.02. The molecule has 266 valence electrons. The van der Waals surface area contributed by atoms with Gasteiger partial charge in [0, 0.05) is 31.5 Å². The Bertz CT molecular complexity index is 1360. The SMILES string of the molecule is CCC=CCC=CCC=CCC=CCC=CCCCC(=O)NCCNP(=O)(NCC(=O)OC)OCC1OC(n2ccc(N)nc2=O)CS1. The Morgan fingerprint density at radius 3 is 2.31 bits per heavy atom. The molecule has 1 fully saturated rings. The molecule has 1 saturated heterocycles. The number of anilines is 1. The minimum atomic E-state index is -3.73. The van der Waals surface area contributed by atoms with Gasteiger partial charge in [0.15, 0.2) is 0 Å². The molecule has 15 heteroatoms. The molecule has 1 aromatic rings. The third-order valence-electron chi connectivity index (χ3n) is 6.65. The smallest absolute Gasteiger partial charge is 0.351 e. The number of hydrogen-bond donors (Lipinski definition) is 4. The van der Waals surface area contributed by atoms with Crippen LogP contribution in [0.15, 0.2) is 77.8 Å². The lowest BCUT2D eigenvalue weighted by Crippen LogP contribution is -2.35. The van der Waals surface area contributed by atoms with Gasteiger partial charge in [0.25, 0.3) is 0 Å². The van der Waals surface area contributed by atoms with Gasteiger partial charge < -0.3 is 25.0 Å². The zero-order chi connectivity index (χ0) is 34.9. The first-order valence-electron chi connectivity index (χ1n) is 16.2. The largest absolute Gasteiger partial charge is 0.468 e. The van der Waals surface area contributed by atoms with Gasteiger partial charge in [0.05, 0.1) is 13.7 Å². The van der Waals surface area contributed by atoms with Crippen LogP contribution >= 0.6 is 19.4 Å². The van der Waals surface area contributed by atoms with Crippen molar-refractivity contribution in [2.75, 3.05) is 44.8 Å². The van der Waals surface area contributed by atoms with Crippen LogP contribution in [0.3, 0.4) is 0 Å². The quantitative estimate of drug-likeness (QED) is 0.0495. The number of nitrogens with two attached hydrogens (primary N) is 1. The van der Waals surface area contributed by atoms with Gasteiger partial charge in [-0.05, 0) is 51.0 Å². The zero-order valence-electron chi connectivity index (χ0n) is 28.0. The maximum Gasteiger partial charge on any atom is 0.351 e. The number of thioether (sulfide) groups is 1. The van der Waals surface area contributed by atoms with Crippen molar-refractivity contribution in [3.8, 4) is 0 Å². The van der Waals surface area contributed by atoms with Gasteiger partial charge in [-0.2, -0.15) is 4.98 Å². The molecule has 0 aromatic carbocycles. The van der Waals surface area contributed by atoms with E-state index in [4.69, 9.17) is 15.0 Å². The summed E-state index contributed by atoms with van der Waals surface area (Å²) in [4.78, 5) is 39.7. The number of nitrogens with zero attached hydrogens (tertiary/aromatic N) is 2. The molecular formula is C33H51N6O7PS. The van der Waals surface area contributed by atoms with Gasteiger partial charge >= 0.3 is 19.3 Å². The Morgan fingerprint density at radius 2 is 1.69 bits per heavy atom. The Morgan fingerprint density at radius 1 is 1.04 bits per heavy atom. The molecule has 5 N–H and O–H groups in total. The molecule has 13 nitrogen and oxygen atoms in total. The molecule has 2 heterocycles. The van der Waals surface area contributed by atoms with Gasteiger partial charge in [-0.3, -0.25) is 18.7 Å². The lowest BCUT2D eigenvalue weighted by molar-refractivity contribution is -0.139. The Labute approximate surface area is 288 Å². The summed E-state index contributed by atoms with van der Waals surface area (Å²) in [5.41, 5.74) is 4.48. The number of carbonyl (C=O) groups is 2. The second-order valence-electron chi connectivity index (χ2n) is 10.5. The van der Waals surface area contributed by atoms with E-state index >= 15 is 0 Å². The average molecular weight is 707 g/mol. The van der Waals surface area contributed by atoms with Crippen LogP contribution in [0.25, 0.3) is 0 Å². The summed E-state index contributed by atoms with van der Waals surface area (Å²) < 4.78 is 30.8. The molecule has 3 unspecified atom stereocenters. The van der Waals surface area contributed by atoms with Crippen LogP contribution in [-0.2, 0) is 28.2 Å². The lowest BCUT2D eigenvalue weighted by Gasteiger charge is -2.22. The van der Waals surface area contributed by atoms with E-state index in [-0.39, 0.29) is 38.0 Å². The third kappa shape index (κ3) is 18.3. The van der Waals surface area contributed by atoms with Crippen molar-refractivity contribution in [2.45, 2.75) is 70.0 Å². The molecule has 3 atom stereocenters. The highest BCUT2D eigenvalue weighted by Gasteiger charge is 2.32. The van der Waals surface area contributed by atoms with Crippen LogP contribution < -0.4 is 26.9 Å². The topological polar surface area (TPSA) is 176 Å². The zero-order valence-corrected chi connectivity index (χ0v) is 29.7. The normalized spacial score (nSPS) is 18.1. The van der Waals surface area contributed by atoms with Crippen molar-refractivity contribution in [1.29, 1.82) is 0 Å². The number of carbonyl (C=O) groups excluding carboxylic acids is 2. The maximum absolute atomic E-state index is 13.4. The van der Waals surface area contributed by atoms with E-state index in [0.717, 1.165) is 38.5 Å². The van der Waals surface area contributed by atoms with E-state index in [0.29, 0.717) is 18.6 Å². The van der Waals surface area contributed by atoms with Crippen LogP contribution in [0.2, 0.25) is 0 Å². The summed E-state index contributed by atoms with van der Waals surface area (Å²) in [7, 11) is -2.51. The lowest BCUT2D eigenvalue weighted by atomic mass is 10.2. The third-order valence-corrected chi connectivity index (χ3v) is 9.47. The number of hydrogen-bond acceptors (Lipinski definition) is 10. The first kappa shape index (κ1) is 40.9. The number of methoxy groups -OCH3 is 1. The Kier molecular flexibility index (Phi) is 21.2. The van der Waals surface area contributed by atoms with E-state index in [9.17, 15) is 18.9 Å². The van der Waals surface area contributed by atoms with E-state index in [1.807, 2.05) is 0 Å². The summed E-state index contributed by atoms with van der Waals surface area (Å²) >= 11 is 1.38. The molecule has 0 bridgehead atoms. The summed E-state index contributed by atoms with van der Waals surface area (Å²) in [5.74, 6) is -0.178. The number of allylic oxidation sites excluding steroid dienone is 10. The molecule has 1 amide bonds. The predicted molar refractivity (Wildman–Crippen MR) is 192 cm³/mol. The standard InChI is InChI=1S/C33H51N6O7PS/c1-3-4-5-6-7-8-9-10-11-12-13-14-15-16-17-18-19-20-29(40)35-22-23-36-47(43,37-25-31(41)44-2)45-26-32-46-30(27-48-32)39-24-21-28(34)38-33(39)42/h4-5,7-8,10-11,13-14,16-17,21,24,30,32H,3,6,9,12,15,18-20,22-23,25-27H2,1-2H3,(H,35,40)(H2,34,38,42)(H2,36,37,43). The van der Waals surface area contributed by atoms with Gasteiger partial charge in [-0.1, -0.05) is 67.7 Å². The van der Waals surface area contributed by atoms with Crippen LogP contribution in [0.4, 0.5) is 5.82 Å². The molecule has 0 aliphatic carbocycles. The number of amides is 1. The Balaban J connectivity index is 1.62. The molecule has 0 radical (unpaired) electrons. The van der Waals surface area contributed by atoms with Crippen molar-refractivity contribution in [3.63, 3.8) is 0 Å². The average Bonchev–Trinajstić information content (AvgIpc) is 3.55. The second kappa shape index (κ2) is 24.8. The molecule has 0 spiro atoms. The number of rotatable bonds is 24. The fourth-order valence-electron chi connectivity index (χ4n) is 4.12. The summed E-state index contributed by atoms with van der Waals surface area (Å²) in [6, 6.07) is 1.50. The van der Waals surface area contributed by atoms with E-state index in [1.54, 1.807) is 0 Å². The molecular weight excluding hydrogens is 655 g/mol. The highest BCUT2D eigenvalue weighted by Crippen LogP contribution is 2.40. The number of unbranched alkanes of at least 4 members (excludes halogenated alkanes) is 1. The fraction of sp³-hybridized carbons (Fsp3) is 0.515. The number of ether oxygens (including phenoxy) is 2. The van der Waals surface area contributed by atoms with Crippen LogP contribution in [-0.4, -0.2) is 66.0 Å². The summed E-state index contributed by atoms with van der Waals surface area (Å²) in [5, 5.41) is 8.14. The van der Waals surface area contributed by atoms with Gasteiger partial charge in [-0.25, -0.2) is 15.0 Å². The minimum Gasteiger partial charge on any atom is -0.468 e. The monoisotopic (exact) mass is 706 g/mol. The van der Waals surface area contributed by atoms with E-state index in [1.165, 1.54) is 35.7 Å². The van der Waals surface area contributed by atoms with Gasteiger partial charge in [-0.15, -0.1) is 11.8 Å². The van der Waals surface area contributed by atoms with Crippen molar-refractivity contribution in [1.82, 2.24) is 25.0 Å². The molecule has 1 aliphatic rings. The maximum atomic E-state index is 13.4. The highest BCUT2D eigenvalue weighted by atomic mass is 32.2. The molecule has 2 rings (SSSR count). The number of esters is 1. The van der Waals surface area contributed by atoms with Crippen LogP contribution in [0, 0.1) is 0 Å². The fourth-order valence-corrected chi connectivity index (χ4v) is 6.59. The van der Waals surface area contributed by atoms with Crippen molar-refractivity contribution in [2.24, 2.45) is 0 Å². The Hall–Kier alpha value is -3.26.